The number of amides is 2. The summed E-state index contributed by atoms with van der Waals surface area (Å²) in [7, 11) is 0. The van der Waals surface area contributed by atoms with E-state index in [-0.39, 0.29) is 0 Å². The van der Waals surface area contributed by atoms with E-state index in [0.29, 0.717) is 18.5 Å². The highest BCUT2D eigenvalue weighted by molar-refractivity contribution is 6.25. The summed E-state index contributed by atoms with van der Waals surface area (Å²) in [6.07, 6.45) is 3.55. The quantitative estimate of drug-likeness (QED) is 0.511. The number of nitrogens with one attached hydrogen (secondary N) is 1. The van der Waals surface area contributed by atoms with Crippen LogP contribution in [0.15, 0.2) is 42.5 Å². The molecule has 8 heteroatoms. The van der Waals surface area contributed by atoms with Crippen LogP contribution in [-0.4, -0.2) is 53.2 Å². The minimum absolute atomic E-state index is 0.418. The molecule has 3 aliphatic rings. The molecular weight excluding hydrogens is 458 g/mol. The second kappa shape index (κ2) is 9.33. The van der Waals surface area contributed by atoms with Gasteiger partial charge in [-0.25, -0.2) is 4.90 Å². The Morgan fingerprint density at radius 3 is 2.14 bits per heavy atom. The monoisotopic (exact) mass is 491 g/mol. The lowest BCUT2D eigenvalue weighted by Gasteiger charge is -2.30. The van der Waals surface area contributed by atoms with Crippen molar-refractivity contribution < 1.29 is 24.6 Å². The van der Waals surface area contributed by atoms with Crippen LogP contribution in [0.25, 0.3) is 0 Å². The van der Waals surface area contributed by atoms with Gasteiger partial charge in [-0.2, -0.15) is 0 Å². The van der Waals surface area contributed by atoms with E-state index in [1.165, 1.54) is 4.90 Å². The number of aryl methyl sites for hydroxylation is 2. The standard InChI is InChI=1S/C28H33N3O5/c1-3-17-8-7-9-18(4-2)24(17)31-25(33)21-22(26(31)34)28(16-32,27(35)36)29-23(21)19-10-12-20(13-11-19)30-14-5-6-15-30/h7-13,21-23,29,32H,3-6,14-16H2,1-2H3,(H,35,36). The van der Waals surface area contributed by atoms with Crippen LogP contribution in [0.1, 0.15) is 49.4 Å². The number of hydrogen-bond donors (Lipinski definition) is 3. The zero-order valence-corrected chi connectivity index (χ0v) is 20.7. The summed E-state index contributed by atoms with van der Waals surface area (Å²) in [5, 5.41) is 23.6. The molecule has 3 fully saturated rings. The highest BCUT2D eigenvalue weighted by Gasteiger charge is 2.69. The normalized spacial score (nSPS) is 27.7. The van der Waals surface area contributed by atoms with Crippen molar-refractivity contribution in [3.05, 3.63) is 59.2 Å². The van der Waals surface area contributed by atoms with E-state index < -0.39 is 47.8 Å². The summed E-state index contributed by atoms with van der Waals surface area (Å²) in [4.78, 5) is 43.9. The SMILES string of the molecule is CCc1cccc(CC)c1N1C(=O)C2C(c3ccc(N4CCCC4)cc3)NC(CO)(C(=O)O)C2C1=O. The van der Waals surface area contributed by atoms with Gasteiger partial charge < -0.3 is 15.1 Å². The zero-order valence-electron chi connectivity index (χ0n) is 20.7. The van der Waals surface area contributed by atoms with Crippen molar-refractivity contribution in [2.24, 2.45) is 11.8 Å². The molecule has 4 unspecified atom stereocenters. The van der Waals surface area contributed by atoms with Gasteiger partial charge in [0.05, 0.1) is 24.1 Å². The number of imide groups is 1. The number of aliphatic hydroxyl groups is 1. The smallest absolute Gasteiger partial charge is 0.327 e. The number of benzene rings is 2. The van der Waals surface area contributed by atoms with Gasteiger partial charge in [0.2, 0.25) is 11.8 Å². The Labute approximate surface area is 210 Å². The maximum absolute atomic E-state index is 14.0. The Balaban J connectivity index is 1.59. The highest BCUT2D eigenvalue weighted by atomic mass is 16.4. The molecule has 0 aromatic heterocycles. The van der Waals surface area contributed by atoms with Gasteiger partial charge in [0.25, 0.3) is 0 Å². The van der Waals surface area contributed by atoms with Crippen molar-refractivity contribution in [2.45, 2.75) is 51.1 Å². The minimum Gasteiger partial charge on any atom is -0.480 e. The van der Waals surface area contributed by atoms with E-state index >= 15 is 0 Å². The maximum Gasteiger partial charge on any atom is 0.327 e. The fourth-order valence-electron chi connectivity index (χ4n) is 6.29. The molecule has 4 atom stereocenters. The van der Waals surface area contributed by atoms with Crippen LogP contribution in [0.3, 0.4) is 0 Å². The fraction of sp³-hybridized carbons (Fsp3) is 0.464. The third-order valence-electron chi connectivity index (χ3n) is 8.20. The third-order valence-corrected chi connectivity index (χ3v) is 8.20. The Kier molecular flexibility index (Phi) is 6.34. The fourth-order valence-corrected chi connectivity index (χ4v) is 6.29. The molecule has 2 aromatic rings. The number of nitrogens with zero attached hydrogens (tertiary/aromatic N) is 2. The lowest BCUT2D eigenvalue weighted by Crippen LogP contribution is -2.58. The number of para-hydroxylation sites is 1. The summed E-state index contributed by atoms with van der Waals surface area (Å²) < 4.78 is 0. The molecule has 0 bridgehead atoms. The first kappa shape index (κ1) is 24.5. The molecule has 0 radical (unpaired) electrons. The summed E-state index contributed by atoms with van der Waals surface area (Å²) in [5.41, 5.74) is 2.15. The van der Waals surface area contributed by atoms with Crippen LogP contribution in [0.2, 0.25) is 0 Å². The van der Waals surface area contributed by atoms with Crippen molar-refractivity contribution >= 4 is 29.2 Å². The maximum atomic E-state index is 14.0. The Morgan fingerprint density at radius 1 is 1.00 bits per heavy atom. The molecule has 2 aromatic carbocycles. The first-order valence-electron chi connectivity index (χ1n) is 12.8. The average Bonchev–Trinajstić information content (AvgIpc) is 3.61. The first-order chi connectivity index (χ1) is 17.4. The number of rotatable bonds is 7. The number of anilines is 2. The lowest BCUT2D eigenvalue weighted by molar-refractivity contribution is -0.150. The van der Waals surface area contributed by atoms with Crippen LogP contribution in [0, 0.1) is 11.8 Å². The van der Waals surface area contributed by atoms with Crippen molar-refractivity contribution in [2.75, 3.05) is 29.5 Å². The van der Waals surface area contributed by atoms with Gasteiger partial charge in [0.1, 0.15) is 0 Å². The average molecular weight is 492 g/mol. The molecule has 36 heavy (non-hydrogen) atoms. The van der Waals surface area contributed by atoms with E-state index in [4.69, 9.17) is 0 Å². The molecule has 3 saturated heterocycles. The van der Waals surface area contributed by atoms with Crippen LogP contribution in [-0.2, 0) is 27.2 Å². The molecule has 3 N–H and O–H groups in total. The van der Waals surface area contributed by atoms with Crippen LogP contribution in [0.4, 0.5) is 11.4 Å². The first-order valence-corrected chi connectivity index (χ1v) is 12.8. The molecule has 8 nitrogen and oxygen atoms in total. The molecule has 0 aliphatic carbocycles. The largest absolute Gasteiger partial charge is 0.480 e. The Hall–Kier alpha value is -3.23. The van der Waals surface area contributed by atoms with E-state index in [1.54, 1.807) is 0 Å². The second-order valence-corrected chi connectivity index (χ2v) is 9.99. The van der Waals surface area contributed by atoms with Gasteiger partial charge >= 0.3 is 5.97 Å². The second-order valence-electron chi connectivity index (χ2n) is 9.99. The lowest BCUT2D eigenvalue weighted by atomic mass is 9.79. The number of aliphatic hydroxyl groups excluding tert-OH is 1. The number of fused-ring (bicyclic) bond motifs is 1. The van der Waals surface area contributed by atoms with Crippen LogP contribution >= 0.6 is 0 Å². The number of aliphatic carboxylic acids is 1. The molecule has 5 rings (SSSR count). The van der Waals surface area contributed by atoms with Crippen molar-refractivity contribution in [3.63, 3.8) is 0 Å². The predicted octanol–water partition coefficient (Wildman–Crippen LogP) is 2.68. The van der Waals surface area contributed by atoms with Crippen molar-refractivity contribution in [1.82, 2.24) is 5.32 Å². The molecule has 3 heterocycles. The molecule has 3 aliphatic heterocycles. The predicted molar refractivity (Wildman–Crippen MR) is 136 cm³/mol. The van der Waals surface area contributed by atoms with Crippen LogP contribution < -0.4 is 15.1 Å². The third kappa shape index (κ3) is 3.54. The number of carbonyl (C=O) groups excluding carboxylic acids is 2. The minimum atomic E-state index is -1.95. The number of carboxylic acid groups (broad SMARTS) is 1. The zero-order chi connectivity index (χ0) is 25.6. The highest BCUT2D eigenvalue weighted by Crippen LogP contribution is 2.50. The van der Waals surface area contributed by atoms with Gasteiger partial charge in [0.15, 0.2) is 5.54 Å². The number of hydrogen-bond acceptors (Lipinski definition) is 6. The molecule has 2 amide bonds. The topological polar surface area (TPSA) is 110 Å². The summed E-state index contributed by atoms with van der Waals surface area (Å²) in [6, 6.07) is 12.7. The molecule has 0 spiro atoms. The van der Waals surface area contributed by atoms with E-state index in [9.17, 15) is 24.6 Å². The summed E-state index contributed by atoms with van der Waals surface area (Å²) >= 11 is 0. The number of carbonyl (C=O) groups is 3. The Bertz CT molecular complexity index is 1170. The molecular formula is C28H33N3O5. The van der Waals surface area contributed by atoms with E-state index in [1.807, 2.05) is 56.3 Å². The van der Waals surface area contributed by atoms with Gasteiger partial charge in [-0.15, -0.1) is 0 Å². The Morgan fingerprint density at radius 2 is 1.61 bits per heavy atom. The molecule has 190 valence electrons. The van der Waals surface area contributed by atoms with Gasteiger partial charge in [-0.1, -0.05) is 44.2 Å². The summed E-state index contributed by atoms with van der Waals surface area (Å²) in [6.45, 7) is 5.12. The van der Waals surface area contributed by atoms with Gasteiger partial charge in [-0.3, -0.25) is 19.7 Å². The number of carboxylic acids is 1. The van der Waals surface area contributed by atoms with Crippen molar-refractivity contribution in [1.29, 1.82) is 0 Å². The molecule has 0 saturated carbocycles. The van der Waals surface area contributed by atoms with Crippen molar-refractivity contribution in [3.8, 4) is 0 Å². The van der Waals surface area contributed by atoms with Crippen LogP contribution in [0.5, 0.6) is 0 Å². The summed E-state index contributed by atoms with van der Waals surface area (Å²) in [5.74, 6) is -4.48. The van der Waals surface area contributed by atoms with Gasteiger partial charge in [0, 0.05) is 24.8 Å². The van der Waals surface area contributed by atoms with E-state index in [2.05, 4.69) is 10.2 Å². The van der Waals surface area contributed by atoms with E-state index in [0.717, 1.165) is 48.3 Å². The van der Waals surface area contributed by atoms with Gasteiger partial charge in [-0.05, 0) is 54.5 Å².